The Hall–Kier alpha value is -2.13. The highest BCUT2D eigenvalue weighted by molar-refractivity contribution is 5.94. The molecule has 3 rings (SSSR count). The van der Waals surface area contributed by atoms with E-state index in [0.717, 1.165) is 50.1 Å². The van der Waals surface area contributed by atoms with Crippen molar-refractivity contribution in [1.29, 1.82) is 0 Å². The number of aryl methyl sites for hydroxylation is 1. The Morgan fingerprint density at radius 3 is 2.78 bits per heavy atom. The maximum absolute atomic E-state index is 12.1. The van der Waals surface area contributed by atoms with Crippen molar-refractivity contribution in [2.75, 3.05) is 19.6 Å². The molecule has 1 heterocycles. The van der Waals surface area contributed by atoms with E-state index in [1.807, 2.05) is 31.2 Å². The van der Waals surface area contributed by atoms with Gasteiger partial charge in [0.2, 0.25) is 0 Å². The fourth-order valence-electron chi connectivity index (χ4n) is 3.14. The van der Waals surface area contributed by atoms with Crippen LogP contribution in [0.3, 0.4) is 0 Å². The predicted octanol–water partition coefficient (Wildman–Crippen LogP) is 3.17. The van der Waals surface area contributed by atoms with Crippen LogP contribution in [0.2, 0.25) is 0 Å². The molecule has 1 N–H and O–H groups in total. The zero-order chi connectivity index (χ0) is 16.1. The van der Waals surface area contributed by atoms with Gasteiger partial charge in [-0.1, -0.05) is 42.0 Å². The number of carbonyl (C=O) groups is 1. The third kappa shape index (κ3) is 4.20. The van der Waals surface area contributed by atoms with E-state index in [9.17, 15) is 4.79 Å². The van der Waals surface area contributed by atoms with Crippen molar-refractivity contribution < 1.29 is 4.79 Å². The molecule has 0 atom stereocenters. The molecule has 0 bridgehead atoms. The van der Waals surface area contributed by atoms with Gasteiger partial charge in [0.05, 0.1) is 0 Å². The van der Waals surface area contributed by atoms with Gasteiger partial charge in [-0.05, 0) is 43.0 Å². The Morgan fingerprint density at radius 2 is 1.96 bits per heavy atom. The average Bonchev–Trinajstić information content (AvgIpc) is 2.58. The Balaban J connectivity index is 1.41. The maximum Gasteiger partial charge on any atom is 0.251 e. The fraction of sp³-hybridized carbons (Fsp3) is 0.350. The molecule has 120 valence electrons. The second kappa shape index (κ2) is 7.42. The molecule has 3 heteroatoms. The summed E-state index contributed by atoms with van der Waals surface area (Å²) in [4.78, 5) is 14.6. The molecule has 0 radical (unpaired) electrons. The molecule has 1 aliphatic heterocycles. The van der Waals surface area contributed by atoms with Gasteiger partial charge >= 0.3 is 0 Å². The van der Waals surface area contributed by atoms with Crippen LogP contribution in [0.5, 0.6) is 0 Å². The quantitative estimate of drug-likeness (QED) is 0.861. The average molecular weight is 308 g/mol. The van der Waals surface area contributed by atoms with Gasteiger partial charge in [-0.15, -0.1) is 0 Å². The van der Waals surface area contributed by atoms with Crippen molar-refractivity contribution in [2.24, 2.45) is 0 Å². The zero-order valence-electron chi connectivity index (χ0n) is 13.7. The summed E-state index contributed by atoms with van der Waals surface area (Å²) in [5, 5.41) is 3.02. The molecule has 1 amide bonds. The van der Waals surface area contributed by atoms with E-state index in [2.05, 4.69) is 34.5 Å². The number of carbonyl (C=O) groups excluding carboxylic acids is 1. The van der Waals surface area contributed by atoms with E-state index in [1.165, 1.54) is 11.1 Å². The van der Waals surface area contributed by atoms with Crippen LogP contribution in [-0.2, 0) is 13.0 Å². The predicted molar refractivity (Wildman–Crippen MR) is 93.6 cm³/mol. The SMILES string of the molecule is Cc1cccc(C(=O)NCCCN2CCc3ccccc3C2)c1. The molecular weight excluding hydrogens is 284 g/mol. The third-order valence-electron chi connectivity index (χ3n) is 4.43. The van der Waals surface area contributed by atoms with E-state index in [4.69, 9.17) is 0 Å². The molecule has 0 saturated carbocycles. The highest BCUT2D eigenvalue weighted by Gasteiger charge is 2.15. The monoisotopic (exact) mass is 308 g/mol. The molecule has 0 fully saturated rings. The second-order valence-electron chi connectivity index (χ2n) is 6.27. The molecule has 23 heavy (non-hydrogen) atoms. The van der Waals surface area contributed by atoms with E-state index >= 15 is 0 Å². The molecule has 0 spiro atoms. The molecule has 0 unspecified atom stereocenters. The number of nitrogens with one attached hydrogen (secondary N) is 1. The largest absolute Gasteiger partial charge is 0.352 e. The highest BCUT2D eigenvalue weighted by atomic mass is 16.1. The number of fused-ring (bicyclic) bond motifs is 1. The third-order valence-corrected chi connectivity index (χ3v) is 4.43. The lowest BCUT2D eigenvalue weighted by atomic mass is 10.00. The first-order valence-electron chi connectivity index (χ1n) is 8.36. The molecule has 0 aromatic heterocycles. The lowest BCUT2D eigenvalue weighted by Gasteiger charge is -2.28. The van der Waals surface area contributed by atoms with Gasteiger partial charge in [0, 0.05) is 31.7 Å². The van der Waals surface area contributed by atoms with E-state index in [0.29, 0.717) is 0 Å². The van der Waals surface area contributed by atoms with Gasteiger partial charge in [-0.25, -0.2) is 0 Å². The summed E-state index contributed by atoms with van der Waals surface area (Å²) in [5.41, 5.74) is 4.79. The second-order valence-corrected chi connectivity index (χ2v) is 6.27. The number of hydrogen-bond acceptors (Lipinski definition) is 2. The first-order valence-corrected chi connectivity index (χ1v) is 8.36. The number of benzene rings is 2. The van der Waals surface area contributed by atoms with Gasteiger partial charge in [0.25, 0.3) is 5.91 Å². The number of amides is 1. The minimum absolute atomic E-state index is 0.0256. The molecule has 3 nitrogen and oxygen atoms in total. The first kappa shape index (κ1) is 15.8. The van der Waals surface area contributed by atoms with Crippen LogP contribution < -0.4 is 5.32 Å². The molecular formula is C20H24N2O. The van der Waals surface area contributed by atoms with Crippen molar-refractivity contribution in [3.8, 4) is 0 Å². The Kier molecular flexibility index (Phi) is 5.09. The first-order chi connectivity index (χ1) is 11.2. The lowest BCUT2D eigenvalue weighted by Crippen LogP contribution is -2.33. The number of hydrogen-bond donors (Lipinski definition) is 1. The molecule has 0 aliphatic carbocycles. The van der Waals surface area contributed by atoms with Crippen LogP contribution in [0, 0.1) is 6.92 Å². The van der Waals surface area contributed by atoms with Gasteiger partial charge in [0.15, 0.2) is 0 Å². The summed E-state index contributed by atoms with van der Waals surface area (Å²) in [6.07, 6.45) is 2.12. The van der Waals surface area contributed by atoms with Crippen LogP contribution in [0.25, 0.3) is 0 Å². The van der Waals surface area contributed by atoms with Crippen LogP contribution >= 0.6 is 0 Å². The van der Waals surface area contributed by atoms with Crippen LogP contribution in [-0.4, -0.2) is 30.4 Å². The normalized spacial score (nSPS) is 14.3. The summed E-state index contributed by atoms with van der Waals surface area (Å²) in [6.45, 7) is 5.91. The lowest BCUT2D eigenvalue weighted by molar-refractivity contribution is 0.0951. The van der Waals surface area contributed by atoms with Crippen molar-refractivity contribution in [3.05, 3.63) is 70.8 Å². The van der Waals surface area contributed by atoms with Crippen LogP contribution in [0.1, 0.15) is 33.5 Å². The fourth-order valence-corrected chi connectivity index (χ4v) is 3.14. The number of rotatable bonds is 5. The Labute approximate surface area is 138 Å². The van der Waals surface area contributed by atoms with Gasteiger partial charge in [-0.2, -0.15) is 0 Å². The molecule has 0 saturated heterocycles. The summed E-state index contributed by atoms with van der Waals surface area (Å²) >= 11 is 0. The molecule has 1 aliphatic rings. The summed E-state index contributed by atoms with van der Waals surface area (Å²) in [7, 11) is 0. The minimum atomic E-state index is 0.0256. The van der Waals surface area contributed by atoms with Crippen molar-refractivity contribution in [2.45, 2.75) is 26.3 Å². The topological polar surface area (TPSA) is 32.3 Å². The van der Waals surface area contributed by atoms with E-state index in [-0.39, 0.29) is 5.91 Å². The van der Waals surface area contributed by atoms with Crippen molar-refractivity contribution in [3.63, 3.8) is 0 Å². The maximum atomic E-state index is 12.1. The summed E-state index contributed by atoms with van der Waals surface area (Å²) < 4.78 is 0. The van der Waals surface area contributed by atoms with Crippen molar-refractivity contribution >= 4 is 5.91 Å². The van der Waals surface area contributed by atoms with Crippen LogP contribution in [0.15, 0.2) is 48.5 Å². The van der Waals surface area contributed by atoms with E-state index < -0.39 is 0 Å². The van der Waals surface area contributed by atoms with E-state index in [1.54, 1.807) is 0 Å². The highest BCUT2D eigenvalue weighted by Crippen LogP contribution is 2.18. The standard InChI is InChI=1S/C20H24N2O/c1-16-6-4-9-18(14-16)20(23)21-11-5-12-22-13-10-17-7-2-3-8-19(17)15-22/h2-4,6-9,14H,5,10-13,15H2,1H3,(H,21,23). The Bertz CT molecular complexity index is 681. The van der Waals surface area contributed by atoms with Gasteiger partial charge in [-0.3, -0.25) is 9.69 Å². The Morgan fingerprint density at radius 1 is 1.13 bits per heavy atom. The minimum Gasteiger partial charge on any atom is -0.352 e. The molecule has 2 aromatic rings. The summed E-state index contributed by atoms with van der Waals surface area (Å²) in [5.74, 6) is 0.0256. The summed E-state index contributed by atoms with van der Waals surface area (Å²) in [6, 6.07) is 16.4. The number of nitrogens with zero attached hydrogens (tertiary/aromatic N) is 1. The smallest absolute Gasteiger partial charge is 0.251 e. The van der Waals surface area contributed by atoms with Gasteiger partial charge in [0.1, 0.15) is 0 Å². The molecule has 2 aromatic carbocycles. The van der Waals surface area contributed by atoms with Crippen molar-refractivity contribution in [1.82, 2.24) is 10.2 Å². The zero-order valence-corrected chi connectivity index (χ0v) is 13.7. The van der Waals surface area contributed by atoms with Gasteiger partial charge < -0.3 is 5.32 Å². The van der Waals surface area contributed by atoms with Crippen LogP contribution in [0.4, 0.5) is 0 Å².